The van der Waals surface area contributed by atoms with Crippen molar-refractivity contribution in [2.75, 3.05) is 20.2 Å². The highest BCUT2D eigenvalue weighted by atomic mass is 16.5. The van der Waals surface area contributed by atoms with Gasteiger partial charge in [0.25, 0.3) is 0 Å². The molecular weight excluding hydrogens is 178 g/mol. The summed E-state index contributed by atoms with van der Waals surface area (Å²) in [6.45, 7) is 1.99. The van der Waals surface area contributed by atoms with E-state index in [2.05, 4.69) is 0 Å². The van der Waals surface area contributed by atoms with E-state index in [-0.39, 0.29) is 0 Å². The Kier molecular flexibility index (Phi) is 4.39. The zero-order valence-electron chi connectivity index (χ0n) is 8.44. The standard InChI is InChI=1S/C10H17N3O/c1-14-10-4-2-9(3-5-10)8-13(12)7-6-11/h2-5H,6-8,11-12H2,1H3. The topological polar surface area (TPSA) is 64.5 Å². The van der Waals surface area contributed by atoms with E-state index >= 15 is 0 Å². The van der Waals surface area contributed by atoms with Crippen molar-refractivity contribution in [1.29, 1.82) is 0 Å². The lowest BCUT2D eigenvalue weighted by molar-refractivity contribution is 0.283. The average Bonchev–Trinajstić information content (AvgIpc) is 2.19. The SMILES string of the molecule is COc1ccc(CN(N)CCN)cc1. The molecule has 0 fully saturated rings. The number of benzene rings is 1. The maximum Gasteiger partial charge on any atom is 0.118 e. The molecule has 0 atom stereocenters. The Morgan fingerprint density at radius 1 is 1.29 bits per heavy atom. The molecule has 4 N–H and O–H groups in total. The van der Waals surface area contributed by atoms with Gasteiger partial charge in [0.2, 0.25) is 0 Å². The minimum atomic E-state index is 0.576. The third-order valence-corrected chi connectivity index (χ3v) is 1.96. The summed E-state index contributed by atoms with van der Waals surface area (Å²) in [6.07, 6.45) is 0. The number of ether oxygens (including phenoxy) is 1. The van der Waals surface area contributed by atoms with Gasteiger partial charge < -0.3 is 10.5 Å². The second-order valence-corrected chi connectivity index (χ2v) is 3.11. The van der Waals surface area contributed by atoms with Gasteiger partial charge in [-0.25, -0.2) is 5.01 Å². The molecule has 0 heterocycles. The fourth-order valence-electron chi connectivity index (χ4n) is 1.21. The predicted octanol–water partition coefficient (Wildman–Crippen LogP) is 0.330. The zero-order chi connectivity index (χ0) is 10.4. The largest absolute Gasteiger partial charge is 0.497 e. The van der Waals surface area contributed by atoms with E-state index in [1.165, 1.54) is 0 Å². The zero-order valence-corrected chi connectivity index (χ0v) is 8.44. The van der Waals surface area contributed by atoms with Gasteiger partial charge in [0.05, 0.1) is 7.11 Å². The van der Waals surface area contributed by atoms with Crippen LogP contribution >= 0.6 is 0 Å². The Morgan fingerprint density at radius 3 is 2.43 bits per heavy atom. The van der Waals surface area contributed by atoms with Crippen LogP contribution in [-0.2, 0) is 6.54 Å². The average molecular weight is 195 g/mol. The first kappa shape index (κ1) is 11.0. The Morgan fingerprint density at radius 2 is 1.93 bits per heavy atom. The van der Waals surface area contributed by atoms with Crippen molar-refractivity contribution < 1.29 is 4.74 Å². The summed E-state index contributed by atoms with van der Waals surface area (Å²) in [7, 11) is 1.65. The van der Waals surface area contributed by atoms with Crippen LogP contribution in [0.1, 0.15) is 5.56 Å². The predicted molar refractivity (Wildman–Crippen MR) is 56.6 cm³/mol. The molecule has 0 unspecified atom stereocenters. The van der Waals surface area contributed by atoms with Gasteiger partial charge in [-0.05, 0) is 17.7 Å². The molecule has 4 heteroatoms. The van der Waals surface area contributed by atoms with Crippen LogP contribution in [0.5, 0.6) is 5.75 Å². The molecular formula is C10H17N3O. The monoisotopic (exact) mass is 195 g/mol. The molecule has 0 amide bonds. The summed E-state index contributed by atoms with van der Waals surface area (Å²) in [5, 5.41) is 1.70. The molecule has 0 saturated carbocycles. The van der Waals surface area contributed by atoms with Crippen LogP contribution in [-0.4, -0.2) is 25.2 Å². The molecule has 14 heavy (non-hydrogen) atoms. The summed E-state index contributed by atoms with van der Waals surface area (Å²) in [5.41, 5.74) is 6.54. The molecule has 0 spiro atoms. The van der Waals surface area contributed by atoms with Crippen molar-refractivity contribution in [3.05, 3.63) is 29.8 Å². The van der Waals surface area contributed by atoms with E-state index in [0.717, 1.165) is 11.3 Å². The summed E-state index contributed by atoms with van der Waals surface area (Å²) >= 11 is 0. The first-order chi connectivity index (χ1) is 6.76. The Labute approximate surface area is 84.4 Å². The minimum absolute atomic E-state index is 0.576. The van der Waals surface area contributed by atoms with Gasteiger partial charge in [-0.3, -0.25) is 5.84 Å². The van der Waals surface area contributed by atoms with Crippen LogP contribution < -0.4 is 16.3 Å². The van der Waals surface area contributed by atoms with Crippen molar-refractivity contribution >= 4 is 0 Å². The molecule has 1 aromatic rings. The lowest BCUT2D eigenvalue weighted by Crippen LogP contribution is -2.34. The molecule has 0 saturated heterocycles. The van der Waals surface area contributed by atoms with Gasteiger partial charge >= 0.3 is 0 Å². The van der Waals surface area contributed by atoms with E-state index < -0.39 is 0 Å². The van der Waals surface area contributed by atoms with Crippen molar-refractivity contribution in [3.8, 4) is 5.75 Å². The molecule has 4 nitrogen and oxygen atoms in total. The maximum absolute atomic E-state index is 5.71. The number of hydrazine groups is 1. The summed E-state index contributed by atoms with van der Waals surface area (Å²) in [4.78, 5) is 0. The van der Waals surface area contributed by atoms with Crippen LogP contribution in [0.3, 0.4) is 0 Å². The smallest absolute Gasteiger partial charge is 0.118 e. The van der Waals surface area contributed by atoms with Crippen molar-refractivity contribution in [2.45, 2.75) is 6.54 Å². The minimum Gasteiger partial charge on any atom is -0.497 e. The van der Waals surface area contributed by atoms with Crippen molar-refractivity contribution in [3.63, 3.8) is 0 Å². The number of nitrogens with zero attached hydrogens (tertiary/aromatic N) is 1. The lowest BCUT2D eigenvalue weighted by Gasteiger charge is -2.14. The van der Waals surface area contributed by atoms with Gasteiger partial charge in [-0.1, -0.05) is 12.1 Å². The summed E-state index contributed by atoms with van der Waals surface area (Å²) in [5.74, 6) is 6.57. The number of hydrogen-bond acceptors (Lipinski definition) is 4. The van der Waals surface area contributed by atoms with E-state index in [1.54, 1.807) is 12.1 Å². The van der Waals surface area contributed by atoms with Gasteiger partial charge in [0.15, 0.2) is 0 Å². The number of nitrogens with two attached hydrogens (primary N) is 2. The van der Waals surface area contributed by atoms with Crippen LogP contribution in [0.4, 0.5) is 0 Å². The highest BCUT2D eigenvalue weighted by Crippen LogP contribution is 2.11. The molecule has 0 aliphatic carbocycles. The van der Waals surface area contributed by atoms with Crippen LogP contribution in [0.2, 0.25) is 0 Å². The highest BCUT2D eigenvalue weighted by molar-refractivity contribution is 5.26. The van der Waals surface area contributed by atoms with Crippen molar-refractivity contribution in [2.24, 2.45) is 11.6 Å². The van der Waals surface area contributed by atoms with Crippen molar-refractivity contribution in [1.82, 2.24) is 5.01 Å². The van der Waals surface area contributed by atoms with Gasteiger partial charge in [0.1, 0.15) is 5.75 Å². The number of rotatable bonds is 5. The summed E-state index contributed by atoms with van der Waals surface area (Å²) < 4.78 is 5.06. The van der Waals surface area contributed by atoms with Gasteiger partial charge in [-0.15, -0.1) is 0 Å². The van der Waals surface area contributed by atoms with Gasteiger partial charge in [0, 0.05) is 19.6 Å². The molecule has 1 aromatic carbocycles. The number of methoxy groups -OCH3 is 1. The Hall–Kier alpha value is -1.10. The third kappa shape index (κ3) is 3.33. The summed E-state index contributed by atoms with van der Waals surface area (Å²) in [6, 6.07) is 7.83. The van der Waals surface area contributed by atoms with Crippen LogP contribution in [0.25, 0.3) is 0 Å². The maximum atomic E-state index is 5.71. The lowest BCUT2D eigenvalue weighted by atomic mass is 10.2. The molecule has 78 valence electrons. The fraction of sp³-hybridized carbons (Fsp3) is 0.400. The van der Waals surface area contributed by atoms with E-state index in [4.69, 9.17) is 16.3 Å². The normalized spacial score (nSPS) is 10.6. The van der Waals surface area contributed by atoms with E-state index in [0.29, 0.717) is 19.6 Å². The molecule has 0 aliphatic rings. The molecule has 1 rings (SSSR count). The Bertz CT molecular complexity index is 261. The fourth-order valence-corrected chi connectivity index (χ4v) is 1.21. The Balaban J connectivity index is 2.50. The molecule has 0 radical (unpaired) electrons. The highest BCUT2D eigenvalue weighted by Gasteiger charge is 1.99. The second kappa shape index (κ2) is 5.59. The third-order valence-electron chi connectivity index (χ3n) is 1.96. The molecule has 0 bridgehead atoms. The van der Waals surface area contributed by atoms with E-state index in [1.807, 2.05) is 24.3 Å². The van der Waals surface area contributed by atoms with E-state index in [9.17, 15) is 0 Å². The van der Waals surface area contributed by atoms with Gasteiger partial charge in [-0.2, -0.15) is 0 Å². The first-order valence-electron chi connectivity index (χ1n) is 4.59. The second-order valence-electron chi connectivity index (χ2n) is 3.11. The quantitative estimate of drug-likeness (QED) is 0.525. The number of hydrogen-bond donors (Lipinski definition) is 2. The molecule has 0 aromatic heterocycles. The van der Waals surface area contributed by atoms with Crippen LogP contribution in [0, 0.1) is 0 Å². The van der Waals surface area contributed by atoms with Crippen LogP contribution in [0.15, 0.2) is 24.3 Å². The first-order valence-corrected chi connectivity index (χ1v) is 4.59. The molecule has 0 aliphatic heterocycles.